The molecule has 5 nitrogen and oxygen atoms in total. The molecule has 0 aliphatic rings. The van der Waals surface area contributed by atoms with Gasteiger partial charge < -0.3 is 9.47 Å². The van der Waals surface area contributed by atoms with Crippen LogP contribution in [0.3, 0.4) is 0 Å². The average molecular weight is 246 g/mol. The van der Waals surface area contributed by atoms with E-state index in [0.29, 0.717) is 22.1 Å². The van der Waals surface area contributed by atoms with Crippen LogP contribution < -0.4 is 15.0 Å². The summed E-state index contributed by atoms with van der Waals surface area (Å²) in [6, 6.07) is 2.98. The number of hydrogen-bond acceptors (Lipinski definition) is 4. The second kappa shape index (κ2) is 5.58. The molecule has 88 valence electrons. The van der Waals surface area contributed by atoms with Crippen molar-refractivity contribution >= 4 is 17.5 Å². The highest BCUT2D eigenvalue weighted by Crippen LogP contribution is 2.35. The Morgan fingerprint density at radius 3 is 2.44 bits per heavy atom. The van der Waals surface area contributed by atoms with Gasteiger partial charge in [-0.25, -0.2) is 5.48 Å². The second-order valence-corrected chi connectivity index (χ2v) is 3.24. The van der Waals surface area contributed by atoms with Gasteiger partial charge in [-0.15, -0.1) is 0 Å². The van der Waals surface area contributed by atoms with Gasteiger partial charge in [0.2, 0.25) is 0 Å². The molecule has 0 radical (unpaired) electrons. The molecule has 1 rings (SSSR count). The van der Waals surface area contributed by atoms with Crippen molar-refractivity contribution in [1.82, 2.24) is 5.48 Å². The molecular weight excluding hydrogens is 234 g/mol. The van der Waals surface area contributed by atoms with Gasteiger partial charge in [0.1, 0.15) is 0 Å². The van der Waals surface area contributed by atoms with Crippen molar-refractivity contribution in [3.63, 3.8) is 0 Å². The van der Waals surface area contributed by atoms with Gasteiger partial charge >= 0.3 is 0 Å². The van der Waals surface area contributed by atoms with E-state index in [1.807, 2.05) is 0 Å². The Balaban J connectivity index is 3.15. The number of hydrogen-bond donors (Lipinski definition) is 1. The number of ether oxygens (including phenoxy) is 2. The fourth-order valence-corrected chi connectivity index (χ4v) is 1.49. The van der Waals surface area contributed by atoms with E-state index in [2.05, 4.69) is 10.3 Å². The van der Waals surface area contributed by atoms with Crippen molar-refractivity contribution in [1.29, 1.82) is 0 Å². The first-order valence-electron chi connectivity index (χ1n) is 4.38. The van der Waals surface area contributed by atoms with Crippen molar-refractivity contribution in [2.45, 2.75) is 0 Å². The van der Waals surface area contributed by atoms with Gasteiger partial charge in [-0.05, 0) is 12.1 Å². The van der Waals surface area contributed by atoms with Gasteiger partial charge in [-0.1, -0.05) is 11.6 Å². The maximum absolute atomic E-state index is 11.5. The molecule has 6 heteroatoms. The summed E-state index contributed by atoms with van der Waals surface area (Å²) in [5.41, 5.74) is 2.51. The smallest absolute Gasteiger partial charge is 0.275 e. The number of carbonyl (C=O) groups is 1. The lowest BCUT2D eigenvalue weighted by Crippen LogP contribution is -2.21. The van der Waals surface area contributed by atoms with Gasteiger partial charge in [0.05, 0.1) is 26.4 Å². The normalized spacial score (nSPS) is 9.75. The SMILES string of the molecule is CONC(=O)c1cc(Cl)c(OC)c(OC)c1. The van der Waals surface area contributed by atoms with E-state index >= 15 is 0 Å². The fraction of sp³-hybridized carbons (Fsp3) is 0.300. The number of methoxy groups -OCH3 is 2. The standard InChI is InChI=1S/C10H12ClNO4/c1-14-8-5-6(10(13)12-16-3)4-7(11)9(8)15-2/h4-5H,1-3H3,(H,12,13). The van der Waals surface area contributed by atoms with E-state index in [4.69, 9.17) is 21.1 Å². The monoisotopic (exact) mass is 245 g/mol. The summed E-state index contributed by atoms with van der Waals surface area (Å²) in [5, 5.41) is 0.295. The number of halogens is 1. The molecule has 1 N–H and O–H groups in total. The molecule has 0 spiro atoms. The van der Waals surface area contributed by atoms with Crippen LogP contribution >= 0.6 is 11.6 Å². The molecule has 0 unspecified atom stereocenters. The van der Waals surface area contributed by atoms with E-state index in [0.717, 1.165) is 0 Å². The van der Waals surface area contributed by atoms with Crippen molar-refractivity contribution in [2.75, 3.05) is 21.3 Å². The van der Waals surface area contributed by atoms with Crippen LogP contribution in [0.5, 0.6) is 11.5 Å². The zero-order chi connectivity index (χ0) is 12.1. The van der Waals surface area contributed by atoms with E-state index in [-0.39, 0.29) is 0 Å². The number of hydroxylamine groups is 1. The first-order valence-corrected chi connectivity index (χ1v) is 4.76. The summed E-state index contributed by atoms with van der Waals surface area (Å²) in [4.78, 5) is 16.0. The summed E-state index contributed by atoms with van der Waals surface area (Å²) in [6.45, 7) is 0. The third-order valence-corrected chi connectivity index (χ3v) is 2.17. The minimum Gasteiger partial charge on any atom is -0.493 e. The quantitative estimate of drug-likeness (QED) is 0.820. The Morgan fingerprint density at radius 1 is 1.25 bits per heavy atom. The molecule has 0 atom stereocenters. The van der Waals surface area contributed by atoms with Crippen LogP contribution in [-0.4, -0.2) is 27.2 Å². The highest BCUT2D eigenvalue weighted by molar-refractivity contribution is 6.32. The van der Waals surface area contributed by atoms with Crippen molar-refractivity contribution < 1.29 is 19.1 Å². The number of amides is 1. The topological polar surface area (TPSA) is 56.8 Å². The second-order valence-electron chi connectivity index (χ2n) is 2.83. The van der Waals surface area contributed by atoms with Crippen LogP contribution in [0.25, 0.3) is 0 Å². The van der Waals surface area contributed by atoms with E-state index < -0.39 is 5.91 Å². The van der Waals surface area contributed by atoms with Gasteiger partial charge in [0.25, 0.3) is 5.91 Å². The third-order valence-electron chi connectivity index (χ3n) is 1.89. The maximum atomic E-state index is 11.5. The van der Waals surface area contributed by atoms with Gasteiger partial charge in [-0.2, -0.15) is 0 Å². The Bertz CT molecular complexity index is 395. The Labute approximate surface area is 98.2 Å². The summed E-state index contributed by atoms with van der Waals surface area (Å²) in [7, 11) is 4.28. The molecule has 0 heterocycles. The Hall–Kier alpha value is -1.46. The number of rotatable bonds is 4. The minimum absolute atomic E-state index is 0.295. The predicted octanol–water partition coefficient (Wildman–Crippen LogP) is 1.65. The molecule has 0 saturated carbocycles. The first kappa shape index (κ1) is 12.6. The lowest BCUT2D eigenvalue weighted by Gasteiger charge is -2.11. The van der Waals surface area contributed by atoms with Crippen LogP contribution in [0.15, 0.2) is 12.1 Å². The van der Waals surface area contributed by atoms with Crippen LogP contribution in [0.4, 0.5) is 0 Å². The lowest BCUT2D eigenvalue weighted by molar-refractivity contribution is 0.0537. The summed E-state index contributed by atoms with van der Waals surface area (Å²) in [6.07, 6.45) is 0. The van der Waals surface area contributed by atoms with Gasteiger partial charge in [0.15, 0.2) is 11.5 Å². The Kier molecular flexibility index (Phi) is 4.39. The van der Waals surface area contributed by atoms with Crippen LogP contribution in [0, 0.1) is 0 Å². The number of benzene rings is 1. The average Bonchev–Trinajstić information content (AvgIpc) is 2.28. The molecule has 0 bridgehead atoms. The largest absolute Gasteiger partial charge is 0.493 e. The molecular formula is C10H12ClNO4. The van der Waals surface area contributed by atoms with Crippen molar-refractivity contribution in [3.8, 4) is 11.5 Å². The fourth-order valence-electron chi connectivity index (χ4n) is 1.20. The van der Waals surface area contributed by atoms with Crippen LogP contribution in [-0.2, 0) is 4.84 Å². The zero-order valence-corrected chi connectivity index (χ0v) is 9.92. The minimum atomic E-state index is -0.412. The van der Waals surface area contributed by atoms with Crippen LogP contribution in [0.1, 0.15) is 10.4 Å². The van der Waals surface area contributed by atoms with Crippen molar-refractivity contribution in [2.24, 2.45) is 0 Å². The summed E-state index contributed by atoms with van der Waals surface area (Å²) < 4.78 is 10.1. The Morgan fingerprint density at radius 2 is 1.94 bits per heavy atom. The first-order chi connectivity index (χ1) is 7.63. The predicted molar refractivity (Wildman–Crippen MR) is 59.0 cm³/mol. The van der Waals surface area contributed by atoms with E-state index in [9.17, 15) is 4.79 Å². The van der Waals surface area contributed by atoms with E-state index in [1.165, 1.54) is 33.5 Å². The molecule has 0 fully saturated rings. The van der Waals surface area contributed by atoms with Gasteiger partial charge in [-0.3, -0.25) is 9.63 Å². The van der Waals surface area contributed by atoms with Crippen LogP contribution in [0.2, 0.25) is 5.02 Å². The summed E-state index contributed by atoms with van der Waals surface area (Å²) >= 11 is 5.93. The highest BCUT2D eigenvalue weighted by Gasteiger charge is 2.14. The molecule has 0 aliphatic heterocycles. The van der Waals surface area contributed by atoms with Gasteiger partial charge in [0, 0.05) is 5.56 Å². The number of carbonyl (C=O) groups excluding carboxylic acids is 1. The zero-order valence-electron chi connectivity index (χ0n) is 9.17. The maximum Gasteiger partial charge on any atom is 0.275 e. The van der Waals surface area contributed by atoms with E-state index in [1.54, 1.807) is 0 Å². The molecule has 0 aliphatic carbocycles. The molecule has 0 aromatic heterocycles. The van der Waals surface area contributed by atoms with Crippen molar-refractivity contribution in [3.05, 3.63) is 22.7 Å². The lowest BCUT2D eigenvalue weighted by atomic mass is 10.2. The molecule has 1 amide bonds. The number of nitrogens with one attached hydrogen (secondary N) is 1. The third kappa shape index (κ3) is 2.56. The molecule has 16 heavy (non-hydrogen) atoms. The highest BCUT2D eigenvalue weighted by atomic mass is 35.5. The summed E-state index contributed by atoms with van der Waals surface area (Å²) in [5.74, 6) is 0.361. The molecule has 1 aromatic rings. The molecule has 1 aromatic carbocycles. The molecule has 0 saturated heterocycles.